The maximum absolute atomic E-state index is 13.3. The lowest BCUT2D eigenvalue weighted by Gasteiger charge is -2.43. The fourth-order valence-electron chi connectivity index (χ4n) is 3.98. The van der Waals surface area contributed by atoms with Gasteiger partial charge in [-0.15, -0.1) is 0 Å². The Labute approximate surface area is 168 Å². The average molecular weight is 382 g/mol. The quantitative estimate of drug-likeness (QED) is 0.827. The molecule has 1 aliphatic rings. The van der Waals surface area contributed by atoms with E-state index in [2.05, 4.69) is 31.2 Å². The first kappa shape index (κ1) is 20.6. The number of ether oxygens (including phenoxy) is 1. The lowest BCUT2D eigenvalue weighted by atomic mass is 9.79. The number of carbonyl (C=O) groups is 1. The van der Waals surface area contributed by atoms with Crippen molar-refractivity contribution in [2.75, 3.05) is 26.8 Å². The molecule has 1 fully saturated rings. The van der Waals surface area contributed by atoms with E-state index in [-0.39, 0.29) is 11.8 Å². The number of rotatable bonds is 6. The molecule has 0 aliphatic carbocycles. The van der Waals surface area contributed by atoms with Crippen LogP contribution >= 0.6 is 0 Å². The van der Waals surface area contributed by atoms with E-state index in [1.54, 1.807) is 7.11 Å². The predicted octanol–water partition coefficient (Wildman–Crippen LogP) is 3.84. The van der Waals surface area contributed by atoms with Crippen LogP contribution in [0.1, 0.15) is 46.8 Å². The number of piperidine rings is 1. The molecule has 0 aromatic heterocycles. The van der Waals surface area contributed by atoms with Crippen molar-refractivity contribution < 1.29 is 14.6 Å². The van der Waals surface area contributed by atoms with Gasteiger partial charge in [-0.25, -0.2) is 0 Å². The largest absolute Gasteiger partial charge is 0.389 e. The Morgan fingerprint density at radius 3 is 2.61 bits per heavy atom. The van der Waals surface area contributed by atoms with Crippen molar-refractivity contribution in [2.45, 2.75) is 38.7 Å². The van der Waals surface area contributed by atoms with E-state index in [1.807, 2.05) is 36.1 Å². The standard InChI is InChI=1S/C24H31NO3/c1-18-8-10-20(11-9-18)16-21-6-4-5-7-22(21)23(26)25-14-12-24(27,13-15-28-3)19(2)17-25/h4-11,19,27H,12-17H2,1-3H3/t19-,24-/m1/s1. The number of nitrogens with zero attached hydrogens (tertiary/aromatic N) is 1. The van der Waals surface area contributed by atoms with E-state index in [9.17, 15) is 9.90 Å². The molecule has 3 rings (SSSR count). The van der Waals surface area contributed by atoms with Crippen LogP contribution in [0.3, 0.4) is 0 Å². The Morgan fingerprint density at radius 1 is 1.21 bits per heavy atom. The normalized spacial score (nSPS) is 22.3. The average Bonchev–Trinajstić information content (AvgIpc) is 2.70. The summed E-state index contributed by atoms with van der Waals surface area (Å²) >= 11 is 0. The molecule has 0 unspecified atom stereocenters. The van der Waals surface area contributed by atoms with Crippen LogP contribution in [-0.4, -0.2) is 48.3 Å². The highest BCUT2D eigenvalue weighted by Gasteiger charge is 2.40. The van der Waals surface area contributed by atoms with E-state index in [4.69, 9.17) is 4.74 Å². The minimum Gasteiger partial charge on any atom is -0.389 e. The van der Waals surface area contributed by atoms with E-state index in [0.29, 0.717) is 32.5 Å². The van der Waals surface area contributed by atoms with Gasteiger partial charge in [0.1, 0.15) is 0 Å². The monoisotopic (exact) mass is 381 g/mol. The van der Waals surface area contributed by atoms with Gasteiger partial charge in [0.25, 0.3) is 5.91 Å². The predicted molar refractivity (Wildman–Crippen MR) is 112 cm³/mol. The zero-order valence-electron chi connectivity index (χ0n) is 17.1. The second-order valence-electron chi connectivity index (χ2n) is 8.07. The molecule has 0 radical (unpaired) electrons. The molecule has 4 heteroatoms. The van der Waals surface area contributed by atoms with Gasteiger partial charge >= 0.3 is 0 Å². The van der Waals surface area contributed by atoms with Crippen molar-refractivity contribution >= 4 is 5.91 Å². The van der Waals surface area contributed by atoms with Crippen LogP contribution in [0.25, 0.3) is 0 Å². The van der Waals surface area contributed by atoms with Gasteiger partial charge in [0.15, 0.2) is 0 Å². The van der Waals surface area contributed by atoms with Gasteiger partial charge in [0.05, 0.1) is 5.60 Å². The highest BCUT2D eigenvalue weighted by Crippen LogP contribution is 2.32. The molecule has 150 valence electrons. The van der Waals surface area contributed by atoms with Crippen LogP contribution in [0.5, 0.6) is 0 Å². The maximum Gasteiger partial charge on any atom is 0.254 e. The van der Waals surface area contributed by atoms with Gasteiger partial charge in [-0.3, -0.25) is 4.79 Å². The second kappa shape index (κ2) is 8.89. The highest BCUT2D eigenvalue weighted by molar-refractivity contribution is 5.96. The summed E-state index contributed by atoms with van der Waals surface area (Å²) in [6, 6.07) is 16.3. The van der Waals surface area contributed by atoms with Gasteiger partial charge < -0.3 is 14.7 Å². The number of likely N-dealkylation sites (tertiary alicyclic amines) is 1. The zero-order valence-corrected chi connectivity index (χ0v) is 17.1. The van der Waals surface area contributed by atoms with E-state index < -0.39 is 5.60 Å². The van der Waals surface area contributed by atoms with Crippen molar-refractivity contribution in [3.63, 3.8) is 0 Å². The number of aliphatic hydroxyl groups is 1. The SMILES string of the molecule is COCC[C@]1(O)CCN(C(=O)c2ccccc2Cc2ccc(C)cc2)C[C@H]1C. The molecule has 1 amide bonds. The number of methoxy groups -OCH3 is 1. The Kier molecular flexibility index (Phi) is 6.53. The van der Waals surface area contributed by atoms with Gasteiger partial charge in [0, 0.05) is 38.3 Å². The number of carbonyl (C=O) groups excluding carboxylic acids is 1. The number of aryl methyl sites for hydroxylation is 1. The van der Waals surface area contributed by atoms with Crippen molar-refractivity contribution in [1.82, 2.24) is 4.90 Å². The summed E-state index contributed by atoms with van der Waals surface area (Å²) < 4.78 is 5.14. The molecule has 2 aromatic carbocycles. The van der Waals surface area contributed by atoms with E-state index >= 15 is 0 Å². The first-order valence-corrected chi connectivity index (χ1v) is 10.1. The van der Waals surface area contributed by atoms with Gasteiger partial charge in [-0.1, -0.05) is 55.0 Å². The molecule has 1 saturated heterocycles. The molecule has 4 nitrogen and oxygen atoms in total. The molecule has 1 heterocycles. The van der Waals surface area contributed by atoms with Crippen molar-refractivity contribution in [3.8, 4) is 0 Å². The Morgan fingerprint density at radius 2 is 1.93 bits per heavy atom. The van der Waals surface area contributed by atoms with Crippen molar-refractivity contribution in [3.05, 3.63) is 70.8 Å². The molecular formula is C24H31NO3. The summed E-state index contributed by atoms with van der Waals surface area (Å²) in [5, 5.41) is 10.9. The third kappa shape index (κ3) is 4.62. The molecular weight excluding hydrogens is 350 g/mol. The summed E-state index contributed by atoms with van der Waals surface area (Å²) in [7, 11) is 1.65. The number of amides is 1. The molecule has 2 aromatic rings. The molecule has 2 atom stereocenters. The van der Waals surface area contributed by atoms with Crippen LogP contribution in [0, 0.1) is 12.8 Å². The van der Waals surface area contributed by atoms with Crippen molar-refractivity contribution in [2.24, 2.45) is 5.92 Å². The first-order chi connectivity index (χ1) is 13.4. The van der Waals surface area contributed by atoms with E-state index in [1.165, 1.54) is 11.1 Å². The highest BCUT2D eigenvalue weighted by atomic mass is 16.5. The number of hydrogen-bond acceptors (Lipinski definition) is 3. The summed E-state index contributed by atoms with van der Waals surface area (Å²) in [5.74, 6) is 0.0768. The lowest BCUT2D eigenvalue weighted by Crippen LogP contribution is -2.53. The lowest BCUT2D eigenvalue weighted by molar-refractivity contribution is -0.0750. The summed E-state index contributed by atoms with van der Waals surface area (Å²) in [6.07, 6.45) is 1.93. The second-order valence-corrected chi connectivity index (χ2v) is 8.07. The van der Waals surface area contributed by atoms with Crippen LogP contribution in [0.2, 0.25) is 0 Å². The minimum atomic E-state index is -0.756. The fraction of sp³-hybridized carbons (Fsp3) is 0.458. The van der Waals surface area contributed by atoms with Crippen LogP contribution in [0.15, 0.2) is 48.5 Å². The van der Waals surface area contributed by atoms with Gasteiger partial charge in [-0.2, -0.15) is 0 Å². The smallest absolute Gasteiger partial charge is 0.254 e. The fourth-order valence-corrected chi connectivity index (χ4v) is 3.98. The van der Waals surface area contributed by atoms with Gasteiger partial charge in [-0.05, 0) is 43.4 Å². The summed E-state index contributed by atoms with van der Waals surface area (Å²) in [6.45, 7) is 5.77. The zero-order chi connectivity index (χ0) is 20.1. The summed E-state index contributed by atoms with van der Waals surface area (Å²) in [5.41, 5.74) is 3.49. The van der Waals surface area contributed by atoms with Crippen LogP contribution in [-0.2, 0) is 11.2 Å². The molecule has 0 bridgehead atoms. The van der Waals surface area contributed by atoms with Crippen LogP contribution < -0.4 is 0 Å². The van der Waals surface area contributed by atoms with Crippen LogP contribution in [0.4, 0.5) is 0 Å². The Bertz CT molecular complexity index is 802. The third-order valence-corrected chi connectivity index (χ3v) is 6.02. The maximum atomic E-state index is 13.3. The number of hydrogen-bond donors (Lipinski definition) is 1. The molecule has 0 spiro atoms. The summed E-state index contributed by atoms with van der Waals surface area (Å²) in [4.78, 5) is 15.1. The molecule has 0 saturated carbocycles. The molecule has 1 aliphatic heterocycles. The topological polar surface area (TPSA) is 49.8 Å². The first-order valence-electron chi connectivity index (χ1n) is 10.1. The van der Waals surface area contributed by atoms with Gasteiger partial charge in [0.2, 0.25) is 0 Å². The molecule has 28 heavy (non-hydrogen) atoms. The third-order valence-electron chi connectivity index (χ3n) is 6.02. The number of benzene rings is 2. The Hall–Kier alpha value is -2.17. The minimum absolute atomic E-state index is 0.0182. The Balaban J connectivity index is 1.74. The van der Waals surface area contributed by atoms with Crippen molar-refractivity contribution in [1.29, 1.82) is 0 Å². The molecule has 1 N–H and O–H groups in total. The van der Waals surface area contributed by atoms with E-state index in [0.717, 1.165) is 17.5 Å².